The first-order chi connectivity index (χ1) is 16.8. The Morgan fingerprint density at radius 1 is 1.03 bits per heavy atom. The topological polar surface area (TPSA) is 57.3 Å². The normalized spacial score (nSPS) is 16.9. The number of rotatable bonds is 4. The summed E-state index contributed by atoms with van der Waals surface area (Å²) in [5, 5.41) is 4.24. The fourth-order valence-electron chi connectivity index (χ4n) is 5.03. The molecule has 182 valence electrons. The molecule has 0 bridgehead atoms. The van der Waals surface area contributed by atoms with Crippen molar-refractivity contribution >= 4 is 11.0 Å². The van der Waals surface area contributed by atoms with Crippen LogP contribution in [0.4, 0.5) is 13.2 Å². The number of piperidine rings is 1. The molecule has 10 heteroatoms. The summed E-state index contributed by atoms with van der Waals surface area (Å²) < 4.78 is 55.1. The molecule has 0 atom stereocenters. The van der Waals surface area contributed by atoms with Gasteiger partial charge in [0.05, 0.1) is 22.8 Å². The van der Waals surface area contributed by atoms with Crippen LogP contribution in [0.3, 0.4) is 0 Å². The van der Waals surface area contributed by atoms with E-state index >= 15 is 0 Å². The maximum Gasteiger partial charge on any atom is 0.416 e. The van der Waals surface area contributed by atoms with Gasteiger partial charge in [-0.3, -0.25) is 9.58 Å². The zero-order chi connectivity index (χ0) is 24.2. The number of aryl methyl sites for hydroxylation is 1. The molecule has 7 nitrogen and oxygen atoms in total. The predicted octanol–water partition coefficient (Wildman–Crippen LogP) is 5.02. The zero-order valence-corrected chi connectivity index (χ0v) is 19.1. The van der Waals surface area contributed by atoms with Crippen LogP contribution in [0, 0.1) is 0 Å². The van der Waals surface area contributed by atoms with Gasteiger partial charge in [-0.15, -0.1) is 0 Å². The molecule has 0 unspecified atom stereocenters. The first-order valence-corrected chi connectivity index (χ1v) is 11.5. The molecular weight excluding hydrogens is 459 g/mol. The lowest BCUT2D eigenvalue weighted by Crippen LogP contribution is -2.34. The Kier molecular flexibility index (Phi) is 5.21. The highest BCUT2D eigenvalue weighted by Crippen LogP contribution is 2.40. The second-order valence-electron chi connectivity index (χ2n) is 9.10. The van der Waals surface area contributed by atoms with Gasteiger partial charge in [-0.25, -0.2) is 4.98 Å². The van der Waals surface area contributed by atoms with Gasteiger partial charge < -0.3 is 14.0 Å². The van der Waals surface area contributed by atoms with E-state index in [0.29, 0.717) is 28.4 Å². The summed E-state index contributed by atoms with van der Waals surface area (Å²) in [5.74, 6) is 1.91. The Morgan fingerprint density at radius 3 is 2.57 bits per heavy atom. The van der Waals surface area contributed by atoms with Gasteiger partial charge in [-0.2, -0.15) is 18.3 Å². The number of halogens is 3. The molecular formula is C25H24F3N5O2. The van der Waals surface area contributed by atoms with Crippen LogP contribution in [-0.4, -0.2) is 44.1 Å². The SMILES string of the molecule is Cn1cc(CN2CCC(n3c(-c4ccc5c(c4)OCO5)nc4cc(C(F)(F)F)ccc43)CC2)cn1. The highest BCUT2D eigenvalue weighted by atomic mass is 19.4. The van der Waals surface area contributed by atoms with Crippen molar-refractivity contribution < 1.29 is 22.6 Å². The fraction of sp³-hybridized carbons (Fsp3) is 0.360. The molecule has 0 N–H and O–H groups in total. The first kappa shape index (κ1) is 22.0. The highest BCUT2D eigenvalue weighted by Gasteiger charge is 2.32. The lowest BCUT2D eigenvalue weighted by molar-refractivity contribution is -0.137. The van der Waals surface area contributed by atoms with Crippen molar-refractivity contribution in [2.24, 2.45) is 7.05 Å². The van der Waals surface area contributed by atoms with Crippen molar-refractivity contribution in [1.29, 1.82) is 0 Å². The van der Waals surface area contributed by atoms with Crippen molar-refractivity contribution in [2.45, 2.75) is 31.6 Å². The quantitative estimate of drug-likeness (QED) is 0.408. The highest BCUT2D eigenvalue weighted by molar-refractivity contribution is 5.82. The number of benzene rings is 2. The molecule has 4 aromatic rings. The van der Waals surface area contributed by atoms with E-state index in [4.69, 9.17) is 9.47 Å². The van der Waals surface area contributed by atoms with E-state index in [1.807, 2.05) is 37.6 Å². The van der Waals surface area contributed by atoms with Crippen LogP contribution in [0.2, 0.25) is 0 Å². The summed E-state index contributed by atoms with van der Waals surface area (Å²) in [6.07, 6.45) is 1.21. The predicted molar refractivity (Wildman–Crippen MR) is 123 cm³/mol. The molecule has 6 rings (SSSR count). The largest absolute Gasteiger partial charge is 0.454 e. The Bertz CT molecular complexity index is 1390. The van der Waals surface area contributed by atoms with E-state index in [9.17, 15) is 13.2 Å². The zero-order valence-electron chi connectivity index (χ0n) is 19.1. The maximum atomic E-state index is 13.4. The number of likely N-dealkylation sites (tertiary alicyclic amines) is 1. The van der Waals surface area contributed by atoms with E-state index in [0.717, 1.165) is 50.2 Å². The van der Waals surface area contributed by atoms with Crippen LogP contribution in [0.1, 0.15) is 30.0 Å². The Labute approximate surface area is 199 Å². The van der Waals surface area contributed by atoms with Gasteiger partial charge in [-0.1, -0.05) is 0 Å². The van der Waals surface area contributed by atoms with Gasteiger partial charge >= 0.3 is 6.18 Å². The number of nitrogens with zero attached hydrogens (tertiary/aromatic N) is 5. The van der Waals surface area contributed by atoms with Crippen LogP contribution in [0.15, 0.2) is 48.8 Å². The van der Waals surface area contributed by atoms with Crippen molar-refractivity contribution in [1.82, 2.24) is 24.2 Å². The molecule has 2 aromatic carbocycles. The van der Waals surface area contributed by atoms with Gasteiger partial charge in [0.2, 0.25) is 6.79 Å². The van der Waals surface area contributed by atoms with Crippen LogP contribution < -0.4 is 9.47 Å². The lowest BCUT2D eigenvalue weighted by Gasteiger charge is -2.33. The lowest BCUT2D eigenvalue weighted by atomic mass is 10.0. The molecule has 4 heterocycles. The van der Waals surface area contributed by atoms with Crippen molar-refractivity contribution in [2.75, 3.05) is 19.9 Å². The molecule has 1 fully saturated rings. The third-order valence-electron chi connectivity index (χ3n) is 6.73. The van der Waals surface area contributed by atoms with Gasteiger partial charge in [0.25, 0.3) is 0 Å². The molecule has 0 spiro atoms. The molecule has 2 aliphatic heterocycles. The summed E-state index contributed by atoms with van der Waals surface area (Å²) >= 11 is 0. The number of fused-ring (bicyclic) bond motifs is 2. The van der Waals surface area contributed by atoms with E-state index in [2.05, 4.69) is 19.5 Å². The third kappa shape index (κ3) is 4.12. The summed E-state index contributed by atoms with van der Waals surface area (Å²) in [5.41, 5.74) is 2.30. The second kappa shape index (κ2) is 8.30. The average Bonchev–Trinajstić information content (AvgIpc) is 3.56. The number of aromatic nitrogens is 4. The van der Waals surface area contributed by atoms with Gasteiger partial charge in [0, 0.05) is 50.0 Å². The van der Waals surface area contributed by atoms with E-state index in [-0.39, 0.29) is 12.8 Å². The van der Waals surface area contributed by atoms with Gasteiger partial charge in [-0.05, 0) is 49.2 Å². The summed E-state index contributed by atoms with van der Waals surface area (Å²) in [6.45, 7) is 2.73. The van der Waals surface area contributed by atoms with Gasteiger partial charge in [0.1, 0.15) is 5.82 Å². The van der Waals surface area contributed by atoms with Crippen LogP contribution >= 0.6 is 0 Å². The maximum absolute atomic E-state index is 13.4. The molecule has 2 aliphatic rings. The summed E-state index contributed by atoms with van der Waals surface area (Å²) in [6, 6.07) is 9.49. The number of ether oxygens (including phenoxy) is 2. The number of hydrogen-bond acceptors (Lipinski definition) is 5. The summed E-state index contributed by atoms with van der Waals surface area (Å²) in [7, 11) is 1.90. The fourth-order valence-corrected chi connectivity index (χ4v) is 5.03. The Balaban J connectivity index is 1.35. The Morgan fingerprint density at radius 2 is 1.83 bits per heavy atom. The average molecular weight is 483 g/mol. The minimum absolute atomic E-state index is 0.113. The number of imidazole rings is 1. The standard InChI is InChI=1S/C25H24F3N5O2/c1-31-13-16(12-29-31)14-32-8-6-19(7-9-32)33-21-4-3-18(25(26,27)28)11-20(21)30-24(33)17-2-5-22-23(10-17)35-15-34-22/h2-5,10-13,19H,6-9,14-15H2,1H3. The molecule has 2 aromatic heterocycles. The van der Waals surface area contributed by atoms with E-state index in [1.165, 1.54) is 5.56 Å². The molecule has 0 saturated carbocycles. The van der Waals surface area contributed by atoms with Crippen molar-refractivity contribution in [3.05, 3.63) is 59.9 Å². The van der Waals surface area contributed by atoms with Crippen molar-refractivity contribution in [3.8, 4) is 22.9 Å². The molecule has 0 amide bonds. The minimum atomic E-state index is -4.42. The van der Waals surface area contributed by atoms with Crippen LogP contribution in [0.5, 0.6) is 11.5 Å². The minimum Gasteiger partial charge on any atom is -0.454 e. The molecule has 0 aliphatic carbocycles. The van der Waals surface area contributed by atoms with E-state index in [1.54, 1.807) is 10.7 Å². The smallest absolute Gasteiger partial charge is 0.416 e. The third-order valence-corrected chi connectivity index (χ3v) is 6.73. The molecule has 35 heavy (non-hydrogen) atoms. The number of hydrogen-bond donors (Lipinski definition) is 0. The van der Waals surface area contributed by atoms with Gasteiger partial charge in [0.15, 0.2) is 11.5 Å². The summed E-state index contributed by atoms with van der Waals surface area (Å²) in [4.78, 5) is 7.07. The van der Waals surface area contributed by atoms with Crippen molar-refractivity contribution in [3.63, 3.8) is 0 Å². The van der Waals surface area contributed by atoms with E-state index < -0.39 is 11.7 Å². The molecule has 1 saturated heterocycles. The van der Waals surface area contributed by atoms with Crippen LogP contribution in [-0.2, 0) is 19.8 Å². The second-order valence-corrected chi connectivity index (χ2v) is 9.10. The monoisotopic (exact) mass is 483 g/mol. The number of alkyl halides is 3. The van der Waals surface area contributed by atoms with Crippen LogP contribution in [0.25, 0.3) is 22.4 Å². The Hall–Kier alpha value is -3.53. The first-order valence-electron chi connectivity index (χ1n) is 11.5. The molecule has 0 radical (unpaired) electrons.